The van der Waals surface area contributed by atoms with Crippen LogP contribution >= 0.6 is 11.6 Å². The Morgan fingerprint density at radius 1 is 1.59 bits per heavy atom. The minimum atomic E-state index is -0.123. The number of hydrogen-bond acceptors (Lipinski definition) is 5. The van der Waals surface area contributed by atoms with E-state index in [1.165, 1.54) is 0 Å². The summed E-state index contributed by atoms with van der Waals surface area (Å²) in [5.41, 5.74) is 0. The molecule has 0 aromatic carbocycles. The van der Waals surface area contributed by atoms with Crippen molar-refractivity contribution in [2.75, 3.05) is 30.9 Å². The third-order valence-corrected chi connectivity index (χ3v) is 3.32. The van der Waals surface area contributed by atoms with E-state index in [2.05, 4.69) is 15.3 Å². The van der Waals surface area contributed by atoms with Crippen LogP contribution in [0.1, 0.15) is 12.8 Å². The molecule has 0 atom stereocenters. The van der Waals surface area contributed by atoms with Crippen LogP contribution < -0.4 is 10.2 Å². The fourth-order valence-corrected chi connectivity index (χ4v) is 2.30. The third-order valence-electron chi connectivity index (χ3n) is 3.05. The Morgan fingerprint density at radius 2 is 2.29 bits per heavy atom. The highest BCUT2D eigenvalue weighted by atomic mass is 35.5. The fraction of sp³-hybridized carbons (Fsp3) is 0.636. The smallest absolute Gasteiger partial charge is 0.224 e. The lowest BCUT2D eigenvalue weighted by atomic mass is 9.82. The van der Waals surface area contributed by atoms with Gasteiger partial charge in [-0.15, -0.1) is 0 Å². The molecule has 0 aliphatic heterocycles. The molecular formula is C11H17ClN4O. The Hall–Kier alpha value is -1.07. The number of aliphatic hydroxyl groups excluding tert-OH is 1. The number of nitrogens with one attached hydrogen (secondary N) is 1. The largest absolute Gasteiger partial charge is 0.393 e. The molecule has 0 saturated heterocycles. The van der Waals surface area contributed by atoms with Crippen molar-refractivity contribution in [1.29, 1.82) is 0 Å². The van der Waals surface area contributed by atoms with Gasteiger partial charge in [0.2, 0.25) is 5.95 Å². The highest BCUT2D eigenvalue weighted by molar-refractivity contribution is 6.32. The summed E-state index contributed by atoms with van der Waals surface area (Å²) in [4.78, 5) is 10.4. The molecule has 6 heteroatoms. The number of nitrogens with zero attached hydrogens (tertiary/aromatic N) is 3. The van der Waals surface area contributed by atoms with Crippen molar-refractivity contribution < 1.29 is 5.11 Å². The van der Waals surface area contributed by atoms with E-state index in [9.17, 15) is 5.11 Å². The Bertz CT molecular complexity index is 395. The van der Waals surface area contributed by atoms with Crippen molar-refractivity contribution in [2.24, 2.45) is 5.92 Å². The van der Waals surface area contributed by atoms with E-state index < -0.39 is 0 Å². The van der Waals surface area contributed by atoms with Crippen LogP contribution in [0.2, 0.25) is 5.02 Å². The van der Waals surface area contributed by atoms with Crippen molar-refractivity contribution >= 4 is 23.4 Å². The summed E-state index contributed by atoms with van der Waals surface area (Å²) in [7, 11) is 3.73. The molecule has 1 aliphatic rings. The van der Waals surface area contributed by atoms with E-state index in [1.54, 1.807) is 13.2 Å². The lowest BCUT2D eigenvalue weighted by Gasteiger charge is -2.35. The molecule has 1 saturated carbocycles. The van der Waals surface area contributed by atoms with Gasteiger partial charge in [-0.1, -0.05) is 11.6 Å². The number of hydrogen-bond donors (Lipinski definition) is 2. The Balaban J connectivity index is 2.04. The van der Waals surface area contributed by atoms with Crippen LogP contribution in [0.3, 0.4) is 0 Å². The van der Waals surface area contributed by atoms with E-state index in [4.69, 9.17) is 11.6 Å². The molecule has 1 aromatic heterocycles. The second-order valence-corrected chi connectivity index (χ2v) is 4.89. The van der Waals surface area contributed by atoms with Crippen molar-refractivity contribution in [1.82, 2.24) is 9.97 Å². The molecule has 0 unspecified atom stereocenters. The monoisotopic (exact) mass is 256 g/mol. The first-order valence-corrected chi connectivity index (χ1v) is 6.07. The van der Waals surface area contributed by atoms with Crippen molar-refractivity contribution in [3.8, 4) is 0 Å². The molecule has 1 heterocycles. The standard InChI is InChI=1S/C11H17ClN4O/c1-13-11-14-5-9(12)10(15-11)16(2)6-7-3-8(17)4-7/h5,7-8,17H,3-4,6H2,1-2H3,(H,13,14,15). The highest BCUT2D eigenvalue weighted by Gasteiger charge is 2.28. The topological polar surface area (TPSA) is 61.3 Å². The molecule has 94 valence electrons. The summed E-state index contributed by atoms with van der Waals surface area (Å²) < 4.78 is 0. The van der Waals surface area contributed by atoms with Crippen molar-refractivity contribution in [3.05, 3.63) is 11.2 Å². The number of halogens is 1. The van der Waals surface area contributed by atoms with E-state index in [-0.39, 0.29) is 6.10 Å². The minimum absolute atomic E-state index is 0.123. The Morgan fingerprint density at radius 3 is 2.88 bits per heavy atom. The van der Waals surface area contributed by atoms with Crippen LogP contribution in [0.15, 0.2) is 6.20 Å². The third kappa shape index (κ3) is 2.79. The Kier molecular flexibility index (Phi) is 3.69. The van der Waals surface area contributed by atoms with Crippen LogP contribution in [0.4, 0.5) is 11.8 Å². The van der Waals surface area contributed by atoms with Gasteiger partial charge in [0, 0.05) is 20.6 Å². The molecule has 0 amide bonds. The molecule has 0 bridgehead atoms. The first-order chi connectivity index (χ1) is 8.10. The molecule has 5 nitrogen and oxygen atoms in total. The van der Waals surface area contributed by atoms with Gasteiger partial charge < -0.3 is 15.3 Å². The minimum Gasteiger partial charge on any atom is -0.393 e. The van der Waals surface area contributed by atoms with Gasteiger partial charge in [0.1, 0.15) is 5.02 Å². The average Bonchev–Trinajstić information content (AvgIpc) is 2.27. The molecule has 2 rings (SSSR count). The summed E-state index contributed by atoms with van der Waals surface area (Å²) >= 11 is 6.08. The second kappa shape index (κ2) is 5.06. The van der Waals surface area contributed by atoms with Gasteiger partial charge >= 0.3 is 0 Å². The maximum absolute atomic E-state index is 9.26. The summed E-state index contributed by atoms with van der Waals surface area (Å²) in [6, 6.07) is 0. The maximum Gasteiger partial charge on any atom is 0.224 e. The molecule has 2 N–H and O–H groups in total. The zero-order valence-corrected chi connectivity index (χ0v) is 10.8. The van der Waals surface area contributed by atoms with Crippen LogP contribution in [0, 0.1) is 5.92 Å². The average molecular weight is 257 g/mol. The van der Waals surface area contributed by atoms with E-state index >= 15 is 0 Å². The number of anilines is 2. The molecule has 1 fully saturated rings. The van der Waals surface area contributed by atoms with E-state index in [0.717, 1.165) is 25.2 Å². The quantitative estimate of drug-likeness (QED) is 0.852. The van der Waals surface area contributed by atoms with Crippen LogP contribution in [-0.2, 0) is 0 Å². The summed E-state index contributed by atoms with van der Waals surface area (Å²) in [6.07, 6.45) is 3.21. The van der Waals surface area contributed by atoms with Gasteiger partial charge in [-0.25, -0.2) is 4.98 Å². The van der Waals surface area contributed by atoms with Gasteiger partial charge in [0.25, 0.3) is 0 Å². The normalized spacial score (nSPS) is 23.1. The second-order valence-electron chi connectivity index (χ2n) is 4.49. The van der Waals surface area contributed by atoms with Gasteiger partial charge in [0.15, 0.2) is 5.82 Å². The molecule has 1 aliphatic carbocycles. The zero-order chi connectivity index (χ0) is 12.4. The van der Waals surface area contributed by atoms with Gasteiger partial charge in [-0.3, -0.25) is 0 Å². The zero-order valence-electron chi connectivity index (χ0n) is 10.0. The predicted molar refractivity (Wildman–Crippen MR) is 68.6 cm³/mol. The lowest BCUT2D eigenvalue weighted by molar-refractivity contribution is 0.0464. The van der Waals surface area contributed by atoms with Gasteiger partial charge in [-0.2, -0.15) is 4.98 Å². The van der Waals surface area contributed by atoms with Crippen LogP contribution in [0.5, 0.6) is 0 Å². The lowest BCUT2D eigenvalue weighted by Crippen LogP contribution is -2.37. The SMILES string of the molecule is CNc1ncc(Cl)c(N(C)CC2CC(O)C2)n1. The van der Waals surface area contributed by atoms with Gasteiger partial charge in [0.05, 0.1) is 12.3 Å². The summed E-state index contributed by atoms with van der Waals surface area (Å²) in [5, 5.41) is 12.7. The number of aliphatic hydroxyl groups is 1. The van der Waals surface area contributed by atoms with Crippen molar-refractivity contribution in [2.45, 2.75) is 18.9 Å². The van der Waals surface area contributed by atoms with Crippen LogP contribution in [0.25, 0.3) is 0 Å². The summed E-state index contributed by atoms with van der Waals surface area (Å²) in [5.74, 6) is 1.82. The summed E-state index contributed by atoms with van der Waals surface area (Å²) in [6.45, 7) is 0.858. The van der Waals surface area contributed by atoms with E-state index in [0.29, 0.717) is 16.9 Å². The maximum atomic E-state index is 9.26. The molecule has 0 spiro atoms. The first-order valence-electron chi connectivity index (χ1n) is 5.69. The first kappa shape index (κ1) is 12.4. The fourth-order valence-electron chi connectivity index (χ4n) is 2.07. The van der Waals surface area contributed by atoms with E-state index in [1.807, 2.05) is 11.9 Å². The predicted octanol–water partition coefficient (Wildman–Crippen LogP) is 1.38. The molecule has 1 aromatic rings. The molecule has 0 radical (unpaired) electrons. The highest BCUT2D eigenvalue weighted by Crippen LogP contribution is 2.30. The molecular weight excluding hydrogens is 240 g/mol. The van der Waals surface area contributed by atoms with Crippen molar-refractivity contribution in [3.63, 3.8) is 0 Å². The van der Waals surface area contributed by atoms with Gasteiger partial charge in [-0.05, 0) is 18.8 Å². The number of rotatable bonds is 4. The number of aromatic nitrogens is 2. The molecule has 17 heavy (non-hydrogen) atoms. The van der Waals surface area contributed by atoms with Crippen LogP contribution in [-0.4, -0.2) is 41.8 Å². The Labute approximate surface area is 106 Å².